The lowest BCUT2D eigenvalue weighted by molar-refractivity contribution is -0.905. The number of hydrogen-bond donors (Lipinski definition) is 2. The van der Waals surface area contributed by atoms with E-state index in [-0.39, 0.29) is 0 Å². The predicted molar refractivity (Wildman–Crippen MR) is 89.4 cm³/mol. The molecular weight excluding hydrogens is 294 g/mol. The summed E-state index contributed by atoms with van der Waals surface area (Å²) in [5, 5.41) is 1.08. The van der Waals surface area contributed by atoms with Crippen LogP contribution in [0.4, 0.5) is 5.13 Å². The van der Waals surface area contributed by atoms with Crippen molar-refractivity contribution in [1.29, 1.82) is 0 Å². The van der Waals surface area contributed by atoms with E-state index in [9.17, 15) is 0 Å². The van der Waals surface area contributed by atoms with Crippen LogP contribution in [-0.2, 0) is 6.42 Å². The van der Waals surface area contributed by atoms with Crippen LogP contribution in [0.2, 0.25) is 0 Å². The van der Waals surface area contributed by atoms with Crippen LogP contribution in [0.25, 0.3) is 0 Å². The second-order valence-electron chi connectivity index (χ2n) is 6.00. The van der Waals surface area contributed by atoms with Crippen LogP contribution in [0.1, 0.15) is 17.0 Å². The molecule has 6 heteroatoms. The highest BCUT2D eigenvalue weighted by molar-refractivity contribution is 7.09. The highest BCUT2D eigenvalue weighted by Gasteiger charge is 2.22. The van der Waals surface area contributed by atoms with Crippen molar-refractivity contribution in [3.8, 4) is 0 Å². The number of hydrogen-bond acceptors (Lipinski definition) is 4. The lowest BCUT2D eigenvalue weighted by atomic mass is 10.1. The van der Waals surface area contributed by atoms with Gasteiger partial charge < -0.3 is 15.5 Å². The number of anilines is 1. The van der Waals surface area contributed by atoms with E-state index in [2.05, 4.69) is 46.2 Å². The van der Waals surface area contributed by atoms with Crippen molar-refractivity contribution in [2.75, 3.05) is 44.2 Å². The molecule has 0 radical (unpaired) electrons. The predicted octanol–water partition coefficient (Wildman–Crippen LogP) is -0.616. The van der Waals surface area contributed by atoms with Crippen molar-refractivity contribution in [3.63, 3.8) is 0 Å². The van der Waals surface area contributed by atoms with Crippen LogP contribution in [-0.4, -0.2) is 48.6 Å². The molecule has 1 fully saturated rings. The summed E-state index contributed by atoms with van der Waals surface area (Å²) < 4.78 is 4.54. The first-order valence-electron chi connectivity index (χ1n) is 8.00. The molecule has 0 atom stereocenters. The highest BCUT2D eigenvalue weighted by atomic mass is 32.1. The Bertz CT molecular complexity index is 587. The molecule has 0 bridgehead atoms. The van der Waals surface area contributed by atoms with Crippen LogP contribution in [0.5, 0.6) is 0 Å². The fourth-order valence-corrected chi connectivity index (χ4v) is 3.58. The van der Waals surface area contributed by atoms with Crippen LogP contribution in [0.15, 0.2) is 24.3 Å². The molecule has 5 nitrogen and oxygen atoms in total. The first-order chi connectivity index (χ1) is 10.7. The van der Waals surface area contributed by atoms with E-state index < -0.39 is 0 Å². The number of aryl methyl sites for hydroxylation is 1. The number of quaternary nitrogens is 2. The van der Waals surface area contributed by atoms with Gasteiger partial charge in [-0.1, -0.05) is 29.8 Å². The summed E-state index contributed by atoms with van der Waals surface area (Å²) in [6.45, 7) is 8.84. The summed E-state index contributed by atoms with van der Waals surface area (Å²) in [5.41, 5.74) is 6.52. The van der Waals surface area contributed by atoms with Gasteiger partial charge in [-0.15, -0.1) is 0 Å². The summed E-state index contributed by atoms with van der Waals surface area (Å²) in [6.07, 6.45) is 0.823. The smallest absolute Gasteiger partial charge is 0.205 e. The molecule has 2 heterocycles. The van der Waals surface area contributed by atoms with Crippen molar-refractivity contribution in [3.05, 3.63) is 41.2 Å². The number of piperazine rings is 1. The van der Waals surface area contributed by atoms with Gasteiger partial charge in [-0.05, 0) is 12.5 Å². The van der Waals surface area contributed by atoms with E-state index in [1.165, 1.54) is 42.3 Å². The van der Waals surface area contributed by atoms with E-state index in [0.717, 1.165) is 37.0 Å². The second-order valence-corrected chi connectivity index (χ2v) is 6.73. The van der Waals surface area contributed by atoms with Gasteiger partial charge in [-0.25, -0.2) is 4.98 Å². The zero-order valence-corrected chi connectivity index (χ0v) is 14.0. The number of nitrogens with zero attached hydrogens (tertiary/aromatic N) is 3. The van der Waals surface area contributed by atoms with Gasteiger partial charge in [-0.3, -0.25) is 0 Å². The van der Waals surface area contributed by atoms with Crippen LogP contribution in [0.3, 0.4) is 0 Å². The molecule has 2 aromatic rings. The van der Waals surface area contributed by atoms with Crippen LogP contribution < -0.4 is 15.5 Å². The molecule has 1 aliphatic rings. The first-order valence-corrected chi connectivity index (χ1v) is 8.78. The van der Waals surface area contributed by atoms with Gasteiger partial charge in [0.2, 0.25) is 5.13 Å². The average Bonchev–Trinajstić information content (AvgIpc) is 2.99. The Morgan fingerprint density at radius 2 is 1.95 bits per heavy atom. The van der Waals surface area contributed by atoms with Gasteiger partial charge in [0.1, 0.15) is 18.9 Å². The van der Waals surface area contributed by atoms with Crippen LogP contribution >= 0.6 is 11.5 Å². The fourth-order valence-electron chi connectivity index (χ4n) is 2.85. The van der Waals surface area contributed by atoms with E-state index in [4.69, 9.17) is 4.98 Å². The Kier molecular flexibility index (Phi) is 5.02. The monoisotopic (exact) mass is 319 g/mol. The molecule has 1 aliphatic heterocycles. The molecule has 1 saturated heterocycles. The Morgan fingerprint density at radius 3 is 2.64 bits per heavy atom. The van der Waals surface area contributed by atoms with Gasteiger partial charge in [0.25, 0.3) is 0 Å². The number of nitrogens with one attached hydrogen (secondary N) is 1. The van der Waals surface area contributed by atoms with Gasteiger partial charge in [0.05, 0.1) is 26.2 Å². The summed E-state index contributed by atoms with van der Waals surface area (Å²) in [6, 6.07) is 8.62. The standard InChI is InChI=1S/C16H23N5S/c1-13-2-4-14(5-3-13)12-15-18-16(22-19-15)21-10-8-20(7-6-17)9-11-21/h2-5H,6-12,17H2,1H3/p+2. The second kappa shape index (κ2) is 7.17. The van der Waals surface area contributed by atoms with Crippen molar-refractivity contribution in [2.24, 2.45) is 0 Å². The summed E-state index contributed by atoms with van der Waals surface area (Å²) in [5.74, 6) is 0.941. The van der Waals surface area contributed by atoms with Gasteiger partial charge in [0, 0.05) is 18.0 Å². The molecule has 4 N–H and O–H groups in total. The number of aromatic nitrogens is 2. The van der Waals surface area contributed by atoms with E-state index >= 15 is 0 Å². The molecule has 3 rings (SSSR count). The Morgan fingerprint density at radius 1 is 1.23 bits per heavy atom. The highest BCUT2D eigenvalue weighted by Crippen LogP contribution is 2.19. The lowest BCUT2D eigenvalue weighted by Gasteiger charge is -2.31. The summed E-state index contributed by atoms with van der Waals surface area (Å²) in [4.78, 5) is 8.77. The Balaban J connectivity index is 1.58. The fraction of sp³-hybridized carbons (Fsp3) is 0.500. The summed E-state index contributed by atoms with van der Waals surface area (Å²) >= 11 is 1.54. The van der Waals surface area contributed by atoms with Crippen molar-refractivity contribution >= 4 is 16.7 Å². The minimum atomic E-state index is 0.823. The maximum absolute atomic E-state index is 4.73. The van der Waals surface area contributed by atoms with E-state index in [1.807, 2.05) is 0 Å². The lowest BCUT2D eigenvalue weighted by Crippen LogP contribution is -3.16. The zero-order valence-electron chi connectivity index (χ0n) is 13.2. The number of rotatable bonds is 5. The molecule has 0 aliphatic carbocycles. The maximum atomic E-state index is 4.73. The first kappa shape index (κ1) is 15.4. The third kappa shape index (κ3) is 3.82. The molecule has 1 aromatic carbocycles. The van der Waals surface area contributed by atoms with Crippen molar-refractivity contribution in [2.45, 2.75) is 13.3 Å². The average molecular weight is 319 g/mol. The molecule has 0 spiro atoms. The van der Waals surface area contributed by atoms with Crippen LogP contribution in [0, 0.1) is 6.92 Å². The molecular formula is C16H25N5S+2. The van der Waals surface area contributed by atoms with E-state index in [1.54, 1.807) is 4.90 Å². The third-order valence-corrected chi connectivity index (χ3v) is 5.03. The van der Waals surface area contributed by atoms with Crippen molar-refractivity contribution in [1.82, 2.24) is 9.36 Å². The molecule has 118 valence electrons. The largest absolute Gasteiger partial charge is 0.353 e. The Hall–Kier alpha value is -1.50. The minimum Gasteiger partial charge on any atom is -0.353 e. The Labute approximate surface area is 135 Å². The quantitative estimate of drug-likeness (QED) is 0.772. The van der Waals surface area contributed by atoms with E-state index in [0.29, 0.717) is 0 Å². The molecule has 0 amide bonds. The number of benzene rings is 1. The minimum absolute atomic E-state index is 0.823. The molecule has 0 unspecified atom stereocenters. The maximum Gasteiger partial charge on any atom is 0.205 e. The SMILES string of the molecule is Cc1ccc(Cc2nsc(N3CC[NH+](CC[NH3+])CC3)n2)cc1. The summed E-state index contributed by atoms with van der Waals surface area (Å²) in [7, 11) is 0. The normalized spacial score (nSPS) is 16.2. The van der Waals surface area contributed by atoms with Gasteiger partial charge in [0.15, 0.2) is 0 Å². The van der Waals surface area contributed by atoms with Gasteiger partial charge >= 0.3 is 0 Å². The van der Waals surface area contributed by atoms with Crippen molar-refractivity contribution < 1.29 is 10.6 Å². The molecule has 22 heavy (non-hydrogen) atoms. The molecule has 1 aromatic heterocycles. The topological polar surface area (TPSA) is 61.1 Å². The third-order valence-electron chi connectivity index (χ3n) is 4.21. The van der Waals surface area contributed by atoms with Gasteiger partial charge in [-0.2, -0.15) is 4.37 Å². The zero-order chi connectivity index (χ0) is 15.4. The molecule has 0 saturated carbocycles.